The molecule has 0 saturated heterocycles. The van der Waals surface area contributed by atoms with E-state index in [1.165, 1.54) is 17.4 Å². The average molecular weight is 327 g/mol. The molecule has 0 aliphatic heterocycles. The largest absolute Gasteiger partial charge is 0.389 e. The molecular weight excluding hydrogens is 314 g/mol. The molecule has 20 heavy (non-hydrogen) atoms. The molecule has 1 aromatic carbocycles. The van der Waals surface area contributed by atoms with Gasteiger partial charge in [-0.05, 0) is 13.0 Å². The van der Waals surface area contributed by atoms with Crippen molar-refractivity contribution in [2.24, 2.45) is 5.73 Å². The van der Waals surface area contributed by atoms with Gasteiger partial charge in [0.2, 0.25) is 10.0 Å². The maximum absolute atomic E-state index is 12.3. The zero-order valence-corrected chi connectivity index (χ0v) is 13.1. The summed E-state index contributed by atoms with van der Waals surface area (Å²) in [7, 11) is -3.68. The summed E-state index contributed by atoms with van der Waals surface area (Å²) >= 11 is 6.28. The number of rotatable bonds is 5. The van der Waals surface area contributed by atoms with Crippen LogP contribution >= 0.6 is 23.6 Å². The molecule has 5 nitrogen and oxygen atoms in total. The Morgan fingerprint density at radius 3 is 2.75 bits per heavy atom. The fourth-order valence-electron chi connectivity index (χ4n) is 1.62. The zero-order chi connectivity index (χ0) is 14.8. The lowest BCUT2D eigenvalue weighted by Crippen LogP contribution is -2.26. The number of nitrogens with zero attached hydrogens (tertiary/aromatic N) is 1. The molecule has 8 heteroatoms. The molecule has 0 amide bonds. The number of thiocarbonyl (C=S) groups is 1. The van der Waals surface area contributed by atoms with Gasteiger partial charge >= 0.3 is 0 Å². The van der Waals surface area contributed by atoms with Gasteiger partial charge in [0.15, 0.2) is 0 Å². The molecule has 106 valence electrons. The van der Waals surface area contributed by atoms with Crippen LogP contribution in [-0.2, 0) is 16.6 Å². The molecule has 0 bridgehead atoms. The first kappa shape index (κ1) is 15.0. The van der Waals surface area contributed by atoms with E-state index in [9.17, 15) is 8.42 Å². The van der Waals surface area contributed by atoms with Crippen LogP contribution in [0.5, 0.6) is 0 Å². The molecule has 0 fully saturated rings. The van der Waals surface area contributed by atoms with Crippen LogP contribution in [0.3, 0.4) is 0 Å². The predicted molar refractivity (Wildman–Crippen MR) is 83.2 cm³/mol. The average Bonchev–Trinajstić information content (AvgIpc) is 2.82. The molecule has 0 unspecified atom stereocenters. The lowest BCUT2D eigenvalue weighted by Gasteiger charge is -2.09. The molecule has 1 heterocycles. The van der Waals surface area contributed by atoms with Gasteiger partial charge in [0, 0.05) is 16.6 Å². The Morgan fingerprint density at radius 2 is 2.15 bits per heavy atom. The number of hydrogen-bond donors (Lipinski definition) is 2. The van der Waals surface area contributed by atoms with Crippen molar-refractivity contribution in [3.05, 3.63) is 45.9 Å². The van der Waals surface area contributed by atoms with E-state index in [1.807, 2.05) is 12.3 Å². The maximum atomic E-state index is 12.3. The summed E-state index contributed by atoms with van der Waals surface area (Å²) in [6.07, 6.45) is 0. The van der Waals surface area contributed by atoms with E-state index in [0.29, 0.717) is 10.6 Å². The molecule has 2 rings (SSSR count). The number of benzene rings is 1. The van der Waals surface area contributed by atoms with Crippen molar-refractivity contribution >= 4 is 38.6 Å². The highest BCUT2D eigenvalue weighted by Gasteiger charge is 2.19. The molecule has 3 N–H and O–H groups in total. The summed E-state index contributed by atoms with van der Waals surface area (Å²) < 4.78 is 27.1. The predicted octanol–water partition coefficient (Wildman–Crippen LogP) is 1.56. The minimum Gasteiger partial charge on any atom is -0.389 e. The molecule has 0 saturated carbocycles. The van der Waals surface area contributed by atoms with E-state index in [1.54, 1.807) is 18.2 Å². The Balaban J connectivity index is 2.25. The number of aromatic nitrogens is 1. The molecule has 0 atom stereocenters. The third kappa shape index (κ3) is 3.40. The first-order chi connectivity index (χ1) is 9.40. The van der Waals surface area contributed by atoms with Gasteiger partial charge in [-0.2, -0.15) is 0 Å². The summed E-state index contributed by atoms with van der Waals surface area (Å²) in [5.41, 5.74) is 6.76. The number of nitrogens with two attached hydrogens (primary N) is 1. The van der Waals surface area contributed by atoms with Crippen molar-refractivity contribution in [2.75, 3.05) is 0 Å². The highest BCUT2D eigenvalue weighted by atomic mass is 32.2. The molecule has 1 aromatic heterocycles. The lowest BCUT2D eigenvalue weighted by molar-refractivity contribution is 0.581. The first-order valence-corrected chi connectivity index (χ1v) is 8.47. The van der Waals surface area contributed by atoms with E-state index in [0.717, 1.165) is 5.69 Å². The van der Waals surface area contributed by atoms with Crippen molar-refractivity contribution in [3.63, 3.8) is 0 Å². The normalized spacial score (nSPS) is 11.4. The highest BCUT2D eigenvalue weighted by molar-refractivity contribution is 7.89. The van der Waals surface area contributed by atoms with Gasteiger partial charge in [-0.25, -0.2) is 18.1 Å². The SMILES string of the molecule is Cc1csc(CNS(=O)(=O)c2ccccc2C(N)=S)n1. The number of nitrogens with one attached hydrogen (secondary N) is 1. The van der Waals surface area contributed by atoms with Gasteiger partial charge in [0.05, 0.1) is 11.4 Å². The minimum atomic E-state index is -3.68. The maximum Gasteiger partial charge on any atom is 0.241 e. The number of hydrogen-bond acceptors (Lipinski definition) is 5. The Kier molecular flexibility index (Phi) is 4.48. The van der Waals surface area contributed by atoms with E-state index in [-0.39, 0.29) is 16.4 Å². The summed E-state index contributed by atoms with van der Waals surface area (Å²) in [4.78, 5) is 4.34. The van der Waals surface area contributed by atoms with Crippen molar-refractivity contribution in [3.8, 4) is 0 Å². The topological polar surface area (TPSA) is 85.1 Å². The number of sulfonamides is 1. The van der Waals surface area contributed by atoms with Crippen LogP contribution in [0.25, 0.3) is 0 Å². The molecule has 0 radical (unpaired) electrons. The van der Waals surface area contributed by atoms with Gasteiger partial charge in [-0.15, -0.1) is 11.3 Å². The van der Waals surface area contributed by atoms with E-state index in [4.69, 9.17) is 18.0 Å². The molecular formula is C12H13N3O2S3. The van der Waals surface area contributed by atoms with Gasteiger partial charge in [0.1, 0.15) is 10.00 Å². The standard InChI is InChI=1S/C12H13N3O2S3/c1-8-7-19-11(15-8)6-14-20(16,17)10-5-3-2-4-9(10)12(13)18/h2-5,7,14H,6H2,1H3,(H2,13,18). The third-order valence-electron chi connectivity index (χ3n) is 2.52. The van der Waals surface area contributed by atoms with Crippen molar-refractivity contribution in [1.82, 2.24) is 9.71 Å². The summed E-state index contributed by atoms with van der Waals surface area (Å²) in [5.74, 6) is 0. The van der Waals surface area contributed by atoms with Crippen LogP contribution < -0.4 is 10.5 Å². The Hall–Kier alpha value is -1.35. The minimum absolute atomic E-state index is 0.0519. The quantitative estimate of drug-likeness (QED) is 0.814. The Labute approximate surface area is 126 Å². The van der Waals surface area contributed by atoms with Crippen molar-refractivity contribution in [1.29, 1.82) is 0 Å². The molecule has 0 aliphatic rings. The summed E-state index contributed by atoms with van der Waals surface area (Å²) in [5, 5.41) is 2.57. The fraction of sp³-hybridized carbons (Fsp3) is 0.167. The summed E-state index contributed by atoms with van der Waals surface area (Å²) in [6, 6.07) is 6.38. The van der Waals surface area contributed by atoms with E-state index >= 15 is 0 Å². The van der Waals surface area contributed by atoms with Crippen LogP contribution in [0.1, 0.15) is 16.3 Å². The number of thiazole rings is 1. The first-order valence-electron chi connectivity index (χ1n) is 5.69. The Bertz CT molecular complexity index is 738. The second-order valence-electron chi connectivity index (χ2n) is 4.07. The molecule has 0 aliphatic carbocycles. The molecule has 2 aromatic rings. The fourth-order valence-corrected chi connectivity index (χ4v) is 3.88. The van der Waals surface area contributed by atoms with Gasteiger partial charge in [-0.3, -0.25) is 0 Å². The van der Waals surface area contributed by atoms with Crippen LogP contribution in [0.2, 0.25) is 0 Å². The van der Waals surface area contributed by atoms with E-state index < -0.39 is 10.0 Å². The lowest BCUT2D eigenvalue weighted by atomic mass is 10.2. The monoisotopic (exact) mass is 327 g/mol. The zero-order valence-electron chi connectivity index (χ0n) is 10.7. The van der Waals surface area contributed by atoms with Crippen molar-refractivity contribution in [2.45, 2.75) is 18.4 Å². The summed E-state index contributed by atoms with van der Waals surface area (Å²) in [6.45, 7) is 2.00. The molecule has 0 spiro atoms. The number of aryl methyl sites for hydroxylation is 1. The smallest absolute Gasteiger partial charge is 0.241 e. The Morgan fingerprint density at radius 1 is 1.45 bits per heavy atom. The van der Waals surface area contributed by atoms with Gasteiger partial charge in [-0.1, -0.05) is 30.4 Å². The third-order valence-corrected chi connectivity index (χ3v) is 5.17. The van der Waals surface area contributed by atoms with Crippen molar-refractivity contribution < 1.29 is 8.42 Å². The van der Waals surface area contributed by atoms with Crippen LogP contribution in [0, 0.1) is 6.92 Å². The van der Waals surface area contributed by atoms with Crippen LogP contribution in [0.4, 0.5) is 0 Å². The van der Waals surface area contributed by atoms with Gasteiger partial charge in [0.25, 0.3) is 0 Å². The highest BCUT2D eigenvalue weighted by Crippen LogP contribution is 2.16. The second kappa shape index (κ2) is 5.96. The van der Waals surface area contributed by atoms with Gasteiger partial charge < -0.3 is 5.73 Å². The second-order valence-corrected chi connectivity index (χ2v) is 7.19. The van der Waals surface area contributed by atoms with E-state index in [2.05, 4.69) is 9.71 Å². The van der Waals surface area contributed by atoms with Crippen LogP contribution in [-0.4, -0.2) is 18.4 Å². The van der Waals surface area contributed by atoms with Crippen LogP contribution in [0.15, 0.2) is 34.5 Å².